The first kappa shape index (κ1) is 7.65. The maximum absolute atomic E-state index is 10.2. The first-order valence-corrected chi connectivity index (χ1v) is 3.47. The highest BCUT2D eigenvalue weighted by Gasteiger charge is 2.02. The summed E-state index contributed by atoms with van der Waals surface area (Å²) in [5.74, 6) is -0.184. The molecule has 0 bridgehead atoms. The van der Waals surface area contributed by atoms with Crippen molar-refractivity contribution in [2.24, 2.45) is 0 Å². The normalized spacial score (nSPS) is 11.1. The molecule has 0 unspecified atom stereocenters. The van der Waals surface area contributed by atoms with E-state index in [1.807, 2.05) is 0 Å². The standard InChI is InChI=1S/C4H7O3S/c1-3-4-8(5,6)7-2/h3H,1-2,4H2. The van der Waals surface area contributed by atoms with Crippen molar-refractivity contribution < 1.29 is 12.6 Å². The van der Waals surface area contributed by atoms with Crippen LogP contribution in [0.1, 0.15) is 0 Å². The first-order valence-electron chi connectivity index (χ1n) is 1.89. The van der Waals surface area contributed by atoms with E-state index in [0.29, 0.717) is 0 Å². The third-order valence-corrected chi connectivity index (χ3v) is 1.50. The second-order valence-corrected chi connectivity index (χ2v) is 2.82. The van der Waals surface area contributed by atoms with Crippen LogP contribution in [0.5, 0.6) is 0 Å². The van der Waals surface area contributed by atoms with Crippen LogP contribution in [0.3, 0.4) is 0 Å². The molecular weight excluding hydrogens is 128 g/mol. The zero-order chi connectivity index (χ0) is 6.62. The van der Waals surface area contributed by atoms with E-state index in [2.05, 4.69) is 17.9 Å². The van der Waals surface area contributed by atoms with Gasteiger partial charge in [-0.3, -0.25) is 4.18 Å². The summed E-state index contributed by atoms with van der Waals surface area (Å²) in [7, 11) is -0.658. The monoisotopic (exact) mass is 135 g/mol. The van der Waals surface area contributed by atoms with E-state index >= 15 is 0 Å². The Kier molecular flexibility index (Phi) is 2.71. The van der Waals surface area contributed by atoms with Crippen LogP contribution in [0.25, 0.3) is 0 Å². The summed E-state index contributed by atoms with van der Waals surface area (Å²) < 4.78 is 24.3. The van der Waals surface area contributed by atoms with Crippen LogP contribution in [0.4, 0.5) is 0 Å². The molecule has 0 aromatic carbocycles. The molecule has 8 heavy (non-hydrogen) atoms. The lowest BCUT2D eigenvalue weighted by atomic mass is 10.8. The third-order valence-electron chi connectivity index (χ3n) is 0.502. The predicted octanol–water partition coefficient (Wildman–Crippen LogP) is 0.310. The van der Waals surface area contributed by atoms with Crippen molar-refractivity contribution in [3.63, 3.8) is 0 Å². The van der Waals surface area contributed by atoms with Gasteiger partial charge in [0.15, 0.2) is 0 Å². The average Bonchev–Trinajstić information content (AvgIpc) is 1.67. The van der Waals surface area contributed by atoms with E-state index < -0.39 is 10.1 Å². The Bertz CT molecular complexity index is 156. The predicted molar refractivity (Wildman–Crippen MR) is 30.4 cm³/mol. The number of hydrogen-bond acceptors (Lipinski definition) is 3. The third kappa shape index (κ3) is 2.76. The molecular formula is C4H7O3S. The highest BCUT2D eigenvalue weighted by Crippen LogP contribution is 1.89. The van der Waals surface area contributed by atoms with Gasteiger partial charge in [-0.25, -0.2) is 0 Å². The maximum Gasteiger partial charge on any atom is 0.270 e. The highest BCUT2D eigenvalue weighted by atomic mass is 32.2. The highest BCUT2D eigenvalue weighted by molar-refractivity contribution is 7.86. The van der Waals surface area contributed by atoms with E-state index in [0.717, 1.165) is 0 Å². The van der Waals surface area contributed by atoms with Crippen molar-refractivity contribution in [1.29, 1.82) is 0 Å². The Morgan fingerprint density at radius 1 is 1.62 bits per heavy atom. The van der Waals surface area contributed by atoms with Crippen LogP contribution in [0, 0.1) is 7.11 Å². The van der Waals surface area contributed by atoms with E-state index in [9.17, 15) is 8.42 Å². The average molecular weight is 135 g/mol. The summed E-state index contributed by atoms with van der Waals surface area (Å²) in [6.45, 7) is 3.21. The van der Waals surface area contributed by atoms with Gasteiger partial charge in [-0.15, -0.1) is 6.58 Å². The minimum atomic E-state index is -3.40. The van der Waals surface area contributed by atoms with E-state index in [4.69, 9.17) is 0 Å². The van der Waals surface area contributed by atoms with Crippen LogP contribution in [-0.2, 0) is 14.3 Å². The molecule has 0 rings (SSSR count). The van der Waals surface area contributed by atoms with Crippen LogP contribution in [0.15, 0.2) is 12.7 Å². The molecule has 47 valence electrons. The van der Waals surface area contributed by atoms with Gasteiger partial charge in [-0.05, 0) is 0 Å². The summed E-state index contributed by atoms with van der Waals surface area (Å²) >= 11 is 0. The fourth-order valence-corrected chi connectivity index (χ4v) is 0.577. The molecule has 0 aliphatic heterocycles. The zero-order valence-corrected chi connectivity index (χ0v) is 5.15. The summed E-state index contributed by atoms with van der Waals surface area (Å²) in [4.78, 5) is 0. The van der Waals surface area contributed by atoms with Gasteiger partial charge in [0.2, 0.25) is 0 Å². The second kappa shape index (κ2) is 2.84. The fraction of sp³-hybridized carbons (Fsp3) is 0.250. The Morgan fingerprint density at radius 2 is 2.12 bits per heavy atom. The Labute approximate surface area is 49.1 Å². The summed E-state index contributed by atoms with van der Waals surface area (Å²) in [6, 6.07) is 0. The molecule has 0 amide bonds. The Hall–Kier alpha value is -0.350. The van der Waals surface area contributed by atoms with E-state index in [1.165, 1.54) is 6.08 Å². The Balaban J connectivity index is 3.94. The lowest BCUT2D eigenvalue weighted by Crippen LogP contribution is -2.03. The molecule has 0 atom stereocenters. The molecule has 0 saturated heterocycles. The van der Waals surface area contributed by atoms with Crippen LogP contribution in [0.2, 0.25) is 0 Å². The summed E-state index contributed by atoms with van der Waals surface area (Å²) in [5.41, 5.74) is 0. The smallest absolute Gasteiger partial charge is 0.267 e. The molecule has 0 aliphatic rings. The SMILES string of the molecule is [CH2]OS(=O)(=O)CC=C. The summed E-state index contributed by atoms with van der Waals surface area (Å²) in [6.07, 6.45) is 1.24. The minimum Gasteiger partial charge on any atom is -0.267 e. The van der Waals surface area contributed by atoms with Crippen molar-refractivity contribution in [3.05, 3.63) is 19.8 Å². The molecule has 0 aliphatic carbocycles. The van der Waals surface area contributed by atoms with Gasteiger partial charge >= 0.3 is 0 Å². The zero-order valence-electron chi connectivity index (χ0n) is 4.33. The van der Waals surface area contributed by atoms with Crippen molar-refractivity contribution >= 4 is 10.1 Å². The lowest BCUT2D eigenvalue weighted by molar-refractivity contribution is 0.441. The fourth-order valence-electron chi connectivity index (χ4n) is 0.192. The van der Waals surface area contributed by atoms with E-state index in [-0.39, 0.29) is 5.75 Å². The molecule has 3 nitrogen and oxygen atoms in total. The first-order chi connectivity index (χ1) is 3.62. The van der Waals surface area contributed by atoms with Crippen molar-refractivity contribution in [2.45, 2.75) is 0 Å². The van der Waals surface area contributed by atoms with Crippen molar-refractivity contribution in [2.75, 3.05) is 5.75 Å². The largest absolute Gasteiger partial charge is 0.270 e. The van der Waals surface area contributed by atoms with Crippen LogP contribution >= 0.6 is 0 Å². The van der Waals surface area contributed by atoms with Crippen LogP contribution in [-0.4, -0.2) is 14.2 Å². The molecule has 0 heterocycles. The molecule has 0 spiro atoms. The van der Waals surface area contributed by atoms with Gasteiger partial charge < -0.3 is 0 Å². The molecule has 0 N–H and O–H groups in total. The second-order valence-electron chi connectivity index (χ2n) is 1.13. The molecule has 0 saturated carbocycles. The van der Waals surface area contributed by atoms with Gasteiger partial charge in [-0.1, -0.05) is 6.08 Å². The number of rotatable bonds is 3. The molecule has 1 radical (unpaired) electrons. The molecule has 4 heteroatoms. The molecule has 0 aromatic heterocycles. The maximum atomic E-state index is 10.2. The molecule has 0 fully saturated rings. The van der Waals surface area contributed by atoms with Gasteiger partial charge in [0, 0.05) is 0 Å². The minimum absolute atomic E-state index is 0.184. The van der Waals surface area contributed by atoms with E-state index in [1.54, 1.807) is 0 Å². The van der Waals surface area contributed by atoms with Crippen molar-refractivity contribution in [1.82, 2.24) is 0 Å². The number of hydrogen-bond donors (Lipinski definition) is 0. The Morgan fingerprint density at radius 3 is 2.25 bits per heavy atom. The summed E-state index contributed by atoms with van der Waals surface area (Å²) in [5, 5.41) is 0. The van der Waals surface area contributed by atoms with Gasteiger partial charge in [0.1, 0.15) is 0 Å². The quantitative estimate of drug-likeness (QED) is 0.413. The lowest BCUT2D eigenvalue weighted by Gasteiger charge is -1.91. The topological polar surface area (TPSA) is 43.4 Å². The van der Waals surface area contributed by atoms with Gasteiger partial charge in [0.25, 0.3) is 10.1 Å². The van der Waals surface area contributed by atoms with Crippen LogP contribution < -0.4 is 0 Å². The molecule has 0 aromatic rings. The van der Waals surface area contributed by atoms with Crippen molar-refractivity contribution in [3.8, 4) is 0 Å². The van der Waals surface area contributed by atoms with Gasteiger partial charge in [0.05, 0.1) is 12.9 Å². The van der Waals surface area contributed by atoms with Gasteiger partial charge in [-0.2, -0.15) is 8.42 Å².